The van der Waals surface area contributed by atoms with Crippen LogP contribution in [0.1, 0.15) is 20.3 Å². The zero-order valence-corrected chi connectivity index (χ0v) is 8.19. The highest BCUT2D eigenvalue weighted by molar-refractivity contribution is 5.81. The number of hydrogen-bond acceptors (Lipinski definition) is 4. The Balaban J connectivity index is 2.81. The third-order valence-electron chi connectivity index (χ3n) is 2.17. The lowest BCUT2D eigenvalue weighted by Crippen LogP contribution is -2.42. The van der Waals surface area contributed by atoms with E-state index in [-0.39, 0.29) is 0 Å². The second kappa shape index (κ2) is 4.04. The summed E-state index contributed by atoms with van der Waals surface area (Å²) in [4.78, 5) is 18.6. The van der Waals surface area contributed by atoms with Crippen molar-refractivity contribution in [3.63, 3.8) is 0 Å². The van der Waals surface area contributed by atoms with Crippen LogP contribution in [-0.4, -0.2) is 26.6 Å². The fraction of sp³-hybridized carbons (Fsp3) is 0.444. The zero-order valence-electron chi connectivity index (χ0n) is 8.19. The molecule has 0 spiro atoms. The van der Waals surface area contributed by atoms with Crippen molar-refractivity contribution in [1.82, 2.24) is 9.97 Å². The van der Waals surface area contributed by atoms with Crippen molar-refractivity contribution in [2.24, 2.45) is 0 Å². The van der Waals surface area contributed by atoms with Crippen LogP contribution in [0.2, 0.25) is 0 Å². The molecule has 1 unspecified atom stereocenters. The Morgan fingerprint density at radius 1 is 1.71 bits per heavy atom. The van der Waals surface area contributed by atoms with Crippen LogP contribution in [0.5, 0.6) is 0 Å². The molecule has 0 aliphatic carbocycles. The molecule has 5 nitrogen and oxygen atoms in total. The van der Waals surface area contributed by atoms with E-state index >= 15 is 0 Å². The average Bonchev–Trinajstić information content (AvgIpc) is 2.19. The van der Waals surface area contributed by atoms with E-state index in [0.717, 1.165) is 0 Å². The maximum absolute atomic E-state index is 11.0. The van der Waals surface area contributed by atoms with Gasteiger partial charge in [0.2, 0.25) is 0 Å². The average molecular weight is 195 g/mol. The van der Waals surface area contributed by atoms with Crippen LogP contribution in [0.3, 0.4) is 0 Å². The van der Waals surface area contributed by atoms with Crippen molar-refractivity contribution in [3.05, 3.63) is 18.6 Å². The summed E-state index contributed by atoms with van der Waals surface area (Å²) >= 11 is 0. The van der Waals surface area contributed by atoms with Crippen molar-refractivity contribution in [1.29, 1.82) is 0 Å². The van der Waals surface area contributed by atoms with E-state index in [1.165, 1.54) is 6.33 Å². The summed E-state index contributed by atoms with van der Waals surface area (Å²) in [6, 6.07) is 1.64. The molecule has 76 valence electrons. The normalized spacial score (nSPS) is 14.4. The molecule has 0 aliphatic heterocycles. The quantitative estimate of drug-likeness (QED) is 0.753. The van der Waals surface area contributed by atoms with Gasteiger partial charge >= 0.3 is 5.97 Å². The van der Waals surface area contributed by atoms with Crippen LogP contribution in [0.15, 0.2) is 18.6 Å². The van der Waals surface area contributed by atoms with Gasteiger partial charge < -0.3 is 10.4 Å². The molecule has 0 radical (unpaired) electrons. The van der Waals surface area contributed by atoms with Crippen LogP contribution in [-0.2, 0) is 4.79 Å². The van der Waals surface area contributed by atoms with E-state index in [9.17, 15) is 4.79 Å². The highest BCUT2D eigenvalue weighted by Crippen LogP contribution is 2.15. The Kier molecular flexibility index (Phi) is 3.01. The van der Waals surface area contributed by atoms with Gasteiger partial charge in [0, 0.05) is 6.20 Å². The van der Waals surface area contributed by atoms with Crippen molar-refractivity contribution in [2.45, 2.75) is 25.8 Å². The van der Waals surface area contributed by atoms with E-state index in [0.29, 0.717) is 12.2 Å². The molecule has 2 N–H and O–H groups in total. The van der Waals surface area contributed by atoms with Gasteiger partial charge in [0.15, 0.2) is 0 Å². The molecule has 0 fully saturated rings. The molecule has 1 aromatic heterocycles. The molecular weight excluding hydrogens is 182 g/mol. The molecule has 1 atom stereocenters. The fourth-order valence-electron chi connectivity index (χ4n) is 0.940. The largest absolute Gasteiger partial charge is 0.480 e. The number of carboxylic acids is 1. The first kappa shape index (κ1) is 10.4. The molecule has 0 saturated heterocycles. The number of carbonyl (C=O) groups is 1. The van der Waals surface area contributed by atoms with Gasteiger partial charge in [0.1, 0.15) is 17.7 Å². The van der Waals surface area contributed by atoms with Gasteiger partial charge in [-0.3, -0.25) is 0 Å². The summed E-state index contributed by atoms with van der Waals surface area (Å²) in [5, 5.41) is 11.8. The van der Waals surface area contributed by atoms with Gasteiger partial charge in [-0.25, -0.2) is 14.8 Å². The van der Waals surface area contributed by atoms with Gasteiger partial charge in [-0.2, -0.15) is 0 Å². The molecule has 0 aliphatic rings. The van der Waals surface area contributed by atoms with Gasteiger partial charge in [-0.15, -0.1) is 0 Å². The second-order valence-corrected chi connectivity index (χ2v) is 3.21. The van der Waals surface area contributed by atoms with E-state index < -0.39 is 11.5 Å². The second-order valence-electron chi connectivity index (χ2n) is 3.21. The lowest BCUT2D eigenvalue weighted by molar-refractivity contribution is -0.141. The molecule has 14 heavy (non-hydrogen) atoms. The topological polar surface area (TPSA) is 75.1 Å². The molecule has 1 rings (SSSR count). The van der Waals surface area contributed by atoms with Gasteiger partial charge in [-0.1, -0.05) is 6.92 Å². The smallest absolute Gasteiger partial charge is 0.329 e. The van der Waals surface area contributed by atoms with Crippen LogP contribution in [0, 0.1) is 0 Å². The first-order valence-electron chi connectivity index (χ1n) is 4.36. The third-order valence-corrected chi connectivity index (χ3v) is 2.17. The summed E-state index contributed by atoms with van der Waals surface area (Å²) in [6.07, 6.45) is 3.42. The molecule has 0 amide bonds. The summed E-state index contributed by atoms with van der Waals surface area (Å²) in [5.41, 5.74) is -0.978. The summed E-state index contributed by atoms with van der Waals surface area (Å²) in [7, 11) is 0. The van der Waals surface area contributed by atoms with E-state index in [2.05, 4.69) is 15.3 Å². The van der Waals surface area contributed by atoms with Gasteiger partial charge in [0.05, 0.1) is 0 Å². The molecule has 1 aromatic rings. The van der Waals surface area contributed by atoms with Crippen molar-refractivity contribution >= 4 is 11.8 Å². The standard InChI is InChI=1S/C9H13N3O2/c1-3-9(2,8(13)14)12-7-4-5-10-6-11-7/h4-6H,3H2,1-2H3,(H,13,14)(H,10,11,12). The Bertz CT molecular complexity index is 315. The Morgan fingerprint density at radius 3 is 2.86 bits per heavy atom. The third kappa shape index (κ3) is 2.18. The highest BCUT2D eigenvalue weighted by Gasteiger charge is 2.30. The minimum Gasteiger partial charge on any atom is -0.480 e. The summed E-state index contributed by atoms with van der Waals surface area (Å²) in [5.74, 6) is -0.370. The lowest BCUT2D eigenvalue weighted by Gasteiger charge is -2.24. The van der Waals surface area contributed by atoms with Crippen molar-refractivity contribution in [3.8, 4) is 0 Å². The number of carboxylic acid groups (broad SMARTS) is 1. The van der Waals surface area contributed by atoms with E-state index in [1.807, 2.05) is 6.92 Å². The molecule has 0 bridgehead atoms. The summed E-state index contributed by atoms with van der Waals surface area (Å²) < 4.78 is 0. The lowest BCUT2D eigenvalue weighted by atomic mass is 9.99. The van der Waals surface area contributed by atoms with Crippen LogP contribution in [0.4, 0.5) is 5.82 Å². The number of hydrogen-bond donors (Lipinski definition) is 2. The Hall–Kier alpha value is -1.65. The van der Waals surface area contributed by atoms with Crippen LogP contribution >= 0.6 is 0 Å². The number of aromatic nitrogens is 2. The maximum Gasteiger partial charge on any atom is 0.329 e. The molecule has 0 aromatic carbocycles. The maximum atomic E-state index is 11.0. The Labute approximate surface area is 82.2 Å². The first-order valence-corrected chi connectivity index (χ1v) is 4.36. The minimum atomic E-state index is -0.978. The number of nitrogens with one attached hydrogen (secondary N) is 1. The summed E-state index contributed by atoms with van der Waals surface area (Å²) in [6.45, 7) is 3.43. The predicted octanol–water partition coefficient (Wildman–Crippen LogP) is 1.14. The number of nitrogens with zero attached hydrogens (tertiary/aromatic N) is 2. The fourth-order valence-corrected chi connectivity index (χ4v) is 0.940. The zero-order chi connectivity index (χ0) is 10.6. The van der Waals surface area contributed by atoms with Crippen LogP contribution in [0.25, 0.3) is 0 Å². The Morgan fingerprint density at radius 2 is 2.43 bits per heavy atom. The van der Waals surface area contributed by atoms with Crippen molar-refractivity contribution < 1.29 is 9.90 Å². The monoisotopic (exact) mass is 195 g/mol. The number of rotatable bonds is 4. The van der Waals surface area contributed by atoms with Gasteiger partial charge in [0.25, 0.3) is 0 Å². The SMILES string of the molecule is CCC(C)(Nc1ccncn1)C(=O)O. The van der Waals surface area contributed by atoms with E-state index in [4.69, 9.17) is 5.11 Å². The number of anilines is 1. The van der Waals surface area contributed by atoms with Crippen LogP contribution < -0.4 is 5.32 Å². The number of aliphatic carboxylic acids is 1. The highest BCUT2D eigenvalue weighted by atomic mass is 16.4. The molecule has 1 heterocycles. The predicted molar refractivity (Wildman–Crippen MR) is 52.0 cm³/mol. The first-order chi connectivity index (χ1) is 6.58. The molecular formula is C9H13N3O2. The van der Waals surface area contributed by atoms with Crippen molar-refractivity contribution in [2.75, 3.05) is 5.32 Å². The molecule has 0 saturated carbocycles. The van der Waals surface area contributed by atoms with Gasteiger partial charge in [-0.05, 0) is 19.4 Å². The van der Waals surface area contributed by atoms with E-state index in [1.54, 1.807) is 19.2 Å². The minimum absolute atomic E-state index is 0.479. The molecule has 5 heteroatoms.